The van der Waals surface area contributed by atoms with Gasteiger partial charge in [-0.3, -0.25) is 4.79 Å². The molecule has 110 valence electrons. The molecule has 0 heterocycles. The van der Waals surface area contributed by atoms with E-state index >= 15 is 0 Å². The summed E-state index contributed by atoms with van der Waals surface area (Å²) in [5.74, 6) is -0.718. The quantitative estimate of drug-likeness (QED) is 0.828. The van der Waals surface area contributed by atoms with Crippen molar-refractivity contribution in [2.75, 3.05) is 26.4 Å². The number of anilines is 1. The summed E-state index contributed by atoms with van der Waals surface area (Å²) in [6.07, 6.45) is 3.33. The largest absolute Gasteiger partial charge is 0.398 e. The van der Waals surface area contributed by atoms with Crippen molar-refractivity contribution in [1.29, 1.82) is 0 Å². The summed E-state index contributed by atoms with van der Waals surface area (Å²) in [6.45, 7) is 2.18. The Morgan fingerprint density at radius 3 is 2.55 bits per heavy atom. The molecule has 20 heavy (non-hydrogen) atoms. The number of carbonyl (C=O) groups is 1. The van der Waals surface area contributed by atoms with Crippen LogP contribution in [0.2, 0.25) is 0 Å². The van der Waals surface area contributed by atoms with Gasteiger partial charge in [0.2, 0.25) is 0 Å². The molecule has 5 heteroatoms. The van der Waals surface area contributed by atoms with Crippen molar-refractivity contribution in [3.8, 4) is 0 Å². The van der Waals surface area contributed by atoms with Gasteiger partial charge in [-0.05, 0) is 52.4 Å². The number of likely N-dealkylation sites (N-methyl/N-ethyl adjacent to an activating group) is 1. The average molecular weight is 279 g/mol. The zero-order chi connectivity index (χ0) is 14.9. The van der Waals surface area contributed by atoms with E-state index in [2.05, 4.69) is 10.2 Å². The van der Waals surface area contributed by atoms with Crippen molar-refractivity contribution in [1.82, 2.24) is 10.2 Å². The lowest BCUT2D eigenvalue weighted by atomic mass is 9.75. The molecular formula is C15H22FN3O. The summed E-state index contributed by atoms with van der Waals surface area (Å²) in [5.41, 5.74) is 6.71. The highest BCUT2D eigenvalue weighted by molar-refractivity contribution is 5.95. The van der Waals surface area contributed by atoms with Crippen molar-refractivity contribution in [3.05, 3.63) is 29.1 Å². The second-order valence-corrected chi connectivity index (χ2v) is 5.83. The molecule has 1 aliphatic carbocycles. The van der Waals surface area contributed by atoms with E-state index in [0.717, 1.165) is 12.8 Å². The maximum atomic E-state index is 13.6. The van der Waals surface area contributed by atoms with Crippen molar-refractivity contribution in [2.45, 2.75) is 31.7 Å². The monoisotopic (exact) mass is 279 g/mol. The van der Waals surface area contributed by atoms with Crippen molar-refractivity contribution < 1.29 is 9.18 Å². The van der Waals surface area contributed by atoms with Gasteiger partial charge < -0.3 is 16.0 Å². The van der Waals surface area contributed by atoms with E-state index < -0.39 is 5.82 Å². The zero-order valence-electron chi connectivity index (χ0n) is 12.3. The van der Waals surface area contributed by atoms with Gasteiger partial charge in [0.05, 0.1) is 0 Å². The van der Waals surface area contributed by atoms with Crippen LogP contribution in [0.5, 0.6) is 0 Å². The molecule has 1 saturated carbocycles. The number of halogens is 1. The van der Waals surface area contributed by atoms with E-state index in [4.69, 9.17) is 5.73 Å². The minimum absolute atomic E-state index is 0.0461. The predicted molar refractivity (Wildman–Crippen MR) is 78.2 cm³/mol. The Labute approximate surface area is 119 Å². The third-order valence-corrected chi connectivity index (χ3v) is 4.46. The van der Waals surface area contributed by atoms with Crippen LogP contribution in [-0.2, 0) is 0 Å². The van der Waals surface area contributed by atoms with Gasteiger partial charge in [-0.25, -0.2) is 4.39 Å². The van der Waals surface area contributed by atoms with E-state index in [1.165, 1.54) is 18.6 Å². The molecule has 0 aliphatic heterocycles. The fourth-order valence-electron chi connectivity index (χ4n) is 2.55. The Bertz CT molecular complexity index is 501. The summed E-state index contributed by atoms with van der Waals surface area (Å²) in [5, 5.41) is 2.89. The molecule has 3 N–H and O–H groups in total. The number of amides is 1. The highest BCUT2D eigenvalue weighted by atomic mass is 19.1. The molecule has 0 radical (unpaired) electrons. The highest BCUT2D eigenvalue weighted by Crippen LogP contribution is 2.35. The number of carbonyl (C=O) groups excluding carboxylic acids is 1. The van der Waals surface area contributed by atoms with Gasteiger partial charge in [0.15, 0.2) is 0 Å². The van der Waals surface area contributed by atoms with Crippen molar-refractivity contribution >= 4 is 11.6 Å². The fraction of sp³-hybridized carbons (Fsp3) is 0.533. The van der Waals surface area contributed by atoms with Gasteiger partial charge in [-0.1, -0.05) is 0 Å². The number of rotatable bonds is 4. The van der Waals surface area contributed by atoms with Crippen LogP contribution in [0.1, 0.15) is 35.2 Å². The Balaban J connectivity index is 2.06. The van der Waals surface area contributed by atoms with Crippen LogP contribution in [0.15, 0.2) is 12.1 Å². The Morgan fingerprint density at radius 1 is 1.45 bits per heavy atom. The third kappa shape index (κ3) is 2.63. The van der Waals surface area contributed by atoms with Gasteiger partial charge in [0.25, 0.3) is 5.91 Å². The lowest BCUT2D eigenvalue weighted by Crippen LogP contribution is -2.57. The molecule has 4 nitrogen and oxygen atoms in total. The first-order valence-electron chi connectivity index (χ1n) is 6.87. The van der Waals surface area contributed by atoms with Crippen LogP contribution < -0.4 is 11.1 Å². The maximum Gasteiger partial charge on any atom is 0.251 e. The number of nitrogen functional groups attached to an aromatic ring is 1. The summed E-state index contributed by atoms with van der Waals surface area (Å²) in [4.78, 5) is 14.3. The smallest absolute Gasteiger partial charge is 0.251 e. The molecule has 0 atom stereocenters. The number of nitrogens with zero attached hydrogens (tertiary/aromatic N) is 1. The number of nitrogens with one attached hydrogen (secondary N) is 1. The van der Waals surface area contributed by atoms with Gasteiger partial charge in [-0.2, -0.15) is 0 Å². The van der Waals surface area contributed by atoms with Crippen LogP contribution in [0.3, 0.4) is 0 Å². The van der Waals surface area contributed by atoms with Crippen molar-refractivity contribution in [3.63, 3.8) is 0 Å². The van der Waals surface area contributed by atoms with Gasteiger partial charge in [-0.15, -0.1) is 0 Å². The average Bonchev–Trinajstić information content (AvgIpc) is 2.33. The summed E-state index contributed by atoms with van der Waals surface area (Å²) < 4.78 is 13.6. The van der Waals surface area contributed by atoms with Crippen LogP contribution in [0.4, 0.5) is 10.1 Å². The first-order chi connectivity index (χ1) is 9.35. The minimum atomic E-state index is -0.443. The van der Waals surface area contributed by atoms with Crippen LogP contribution in [-0.4, -0.2) is 37.0 Å². The minimum Gasteiger partial charge on any atom is -0.398 e. The molecule has 0 saturated heterocycles. The van der Waals surface area contributed by atoms with Crippen LogP contribution >= 0.6 is 0 Å². The molecule has 0 aromatic heterocycles. The molecule has 1 fully saturated rings. The normalized spacial score (nSPS) is 16.9. The molecule has 0 spiro atoms. The zero-order valence-corrected chi connectivity index (χ0v) is 12.3. The number of hydrogen-bond acceptors (Lipinski definition) is 3. The molecule has 1 aromatic rings. The summed E-state index contributed by atoms with van der Waals surface area (Å²) >= 11 is 0. The molecule has 0 unspecified atom stereocenters. The summed E-state index contributed by atoms with van der Waals surface area (Å²) in [7, 11) is 4.05. The lowest BCUT2D eigenvalue weighted by molar-refractivity contribution is 0.0557. The van der Waals surface area contributed by atoms with Gasteiger partial charge >= 0.3 is 0 Å². The first-order valence-corrected chi connectivity index (χ1v) is 6.87. The fourth-order valence-corrected chi connectivity index (χ4v) is 2.55. The van der Waals surface area contributed by atoms with Crippen LogP contribution in [0.25, 0.3) is 0 Å². The third-order valence-electron chi connectivity index (χ3n) is 4.46. The van der Waals surface area contributed by atoms with E-state index in [-0.39, 0.29) is 17.0 Å². The predicted octanol–water partition coefficient (Wildman–Crippen LogP) is 1.93. The number of benzene rings is 1. The van der Waals surface area contributed by atoms with E-state index in [0.29, 0.717) is 17.8 Å². The Hall–Kier alpha value is -1.62. The molecule has 2 rings (SSSR count). The first kappa shape index (κ1) is 14.8. The van der Waals surface area contributed by atoms with E-state index in [9.17, 15) is 9.18 Å². The number of nitrogens with two attached hydrogens (primary N) is 1. The van der Waals surface area contributed by atoms with Crippen molar-refractivity contribution in [2.24, 2.45) is 0 Å². The second kappa shape index (κ2) is 5.40. The number of hydrogen-bond donors (Lipinski definition) is 2. The maximum absolute atomic E-state index is 13.6. The molecular weight excluding hydrogens is 257 g/mol. The lowest BCUT2D eigenvalue weighted by Gasteiger charge is -2.47. The molecule has 1 amide bonds. The SMILES string of the molecule is Cc1c(N)cc(C(=O)NCC2(N(C)C)CCC2)cc1F. The standard InChI is InChI=1S/C15H22FN3O/c1-10-12(16)7-11(8-13(10)17)14(20)18-9-15(19(2)3)5-4-6-15/h7-8H,4-6,9,17H2,1-3H3,(H,18,20). The molecule has 1 aromatic carbocycles. The Kier molecular flexibility index (Phi) is 3.99. The van der Waals surface area contributed by atoms with E-state index in [1.54, 1.807) is 6.92 Å². The highest BCUT2D eigenvalue weighted by Gasteiger charge is 2.39. The molecule has 0 bridgehead atoms. The second-order valence-electron chi connectivity index (χ2n) is 5.83. The Morgan fingerprint density at radius 2 is 2.10 bits per heavy atom. The topological polar surface area (TPSA) is 58.4 Å². The summed E-state index contributed by atoms with van der Waals surface area (Å²) in [6, 6.07) is 2.76. The van der Waals surface area contributed by atoms with Crippen LogP contribution in [0, 0.1) is 12.7 Å². The van der Waals surface area contributed by atoms with E-state index in [1.807, 2.05) is 14.1 Å². The molecule has 1 aliphatic rings. The van der Waals surface area contributed by atoms with Gasteiger partial charge in [0, 0.05) is 28.9 Å². The van der Waals surface area contributed by atoms with Gasteiger partial charge in [0.1, 0.15) is 5.82 Å².